The standard InChI is InChI=1S/C18H19N3O/c1-2-17(12-7-8-13(22)9-12)21-11-20-16-10-19-15-6-4-3-5-14(15)18(16)21/h3-7,10-11,13,17,22H,2,8-9H2,1H3/t13?,17-/m1/s1. The highest BCUT2D eigenvalue weighted by Gasteiger charge is 2.23. The maximum atomic E-state index is 9.84. The van der Waals surface area contributed by atoms with E-state index in [1.807, 2.05) is 30.7 Å². The molecule has 2 heterocycles. The van der Waals surface area contributed by atoms with Crippen molar-refractivity contribution < 1.29 is 5.11 Å². The van der Waals surface area contributed by atoms with Gasteiger partial charge in [0.2, 0.25) is 0 Å². The van der Waals surface area contributed by atoms with E-state index in [1.54, 1.807) is 0 Å². The first-order valence-corrected chi connectivity index (χ1v) is 7.85. The molecule has 0 radical (unpaired) electrons. The molecule has 0 amide bonds. The number of para-hydroxylation sites is 1. The van der Waals surface area contributed by atoms with Gasteiger partial charge < -0.3 is 9.67 Å². The third kappa shape index (κ3) is 2.03. The second kappa shape index (κ2) is 5.21. The maximum Gasteiger partial charge on any atom is 0.107 e. The van der Waals surface area contributed by atoms with Crippen LogP contribution in [0.25, 0.3) is 21.9 Å². The Morgan fingerprint density at radius 1 is 1.27 bits per heavy atom. The summed E-state index contributed by atoms with van der Waals surface area (Å²) in [5.74, 6) is 0. The normalized spacial score (nSPS) is 19.7. The lowest BCUT2D eigenvalue weighted by molar-refractivity contribution is 0.185. The first-order valence-electron chi connectivity index (χ1n) is 7.85. The minimum Gasteiger partial charge on any atom is -0.392 e. The average molecular weight is 293 g/mol. The fourth-order valence-corrected chi connectivity index (χ4v) is 3.54. The minimum absolute atomic E-state index is 0.225. The monoisotopic (exact) mass is 293 g/mol. The number of hydrogen-bond donors (Lipinski definition) is 1. The zero-order valence-corrected chi connectivity index (χ0v) is 12.6. The van der Waals surface area contributed by atoms with Crippen molar-refractivity contribution >= 4 is 21.9 Å². The van der Waals surface area contributed by atoms with Crippen molar-refractivity contribution in [2.45, 2.75) is 38.3 Å². The molecule has 4 rings (SSSR count). The van der Waals surface area contributed by atoms with E-state index in [-0.39, 0.29) is 12.1 Å². The van der Waals surface area contributed by atoms with Crippen LogP contribution in [0.5, 0.6) is 0 Å². The van der Waals surface area contributed by atoms with E-state index in [0.29, 0.717) is 0 Å². The summed E-state index contributed by atoms with van der Waals surface area (Å²) in [5, 5.41) is 11.0. The van der Waals surface area contributed by atoms with Crippen molar-refractivity contribution in [1.29, 1.82) is 0 Å². The van der Waals surface area contributed by atoms with Gasteiger partial charge in [0, 0.05) is 5.39 Å². The fourth-order valence-electron chi connectivity index (χ4n) is 3.54. The SMILES string of the molecule is CC[C@H](C1=CCC(O)C1)n1cnc2cnc3ccccc3c21. The summed E-state index contributed by atoms with van der Waals surface area (Å²) < 4.78 is 2.25. The number of hydrogen-bond acceptors (Lipinski definition) is 3. The molecule has 112 valence electrons. The van der Waals surface area contributed by atoms with Gasteiger partial charge in [0.25, 0.3) is 0 Å². The molecule has 0 aliphatic heterocycles. The van der Waals surface area contributed by atoms with Crippen LogP contribution in [0.4, 0.5) is 0 Å². The predicted molar refractivity (Wildman–Crippen MR) is 87.7 cm³/mol. The molecule has 1 aliphatic rings. The summed E-state index contributed by atoms with van der Waals surface area (Å²) in [7, 11) is 0. The molecule has 1 aromatic carbocycles. The molecule has 1 unspecified atom stereocenters. The second-order valence-corrected chi connectivity index (χ2v) is 5.96. The zero-order valence-electron chi connectivity index (χ0n) is 12.6. The third-order valence-corrected chi connectivity index (χ3v) is 4.58. The number of benzene rings is 1. The summed E-state index contributed by atoms with van der Waals surface area (Å²) >= 11 is 0. The number of fused-ring (bicyclic) bond motifs is 3. The summed E-state index contributed by atoms with van der Waals surface area (Å²) in [6.07, 6.45) is 8.24. The highest BCUT2D eigenvalue weighted by Crippen LogP contribution is 2.34. The average Bonchev–Trinajstić information content (AvgIpc) is 3.16. The van der Waals surface area contributed by atoms with Crippen LogP contribution in [-0.4, -0.2) is 25.7 Å². The van der Waals surface area contributed by atoms with Crippen molar-refractivity contribution in [3.63, 3.8) is 0 Å². The molecule has 1 N–H and O–H groups in total. The Morgan fingerprint density at radius 3 is 2.91 bits per heavy atom. The molecule has 0 spiro atoms. The van der Waals surface area contributed by atoms with Crippen molar-refractivity contribution in [3.05, 3.63) is 48.4 Å². The molecular weight excluding hydrogens is 274 g/mol. The Balaban J connectivity index is 1.92. The lowest BCUT2D eigenvalue weighted by atomic mass is 10.0. The molecule has 22 heavy (non-hydrogen) atoms. The van der Waals surface area contributed by atoms with Gasteiger partial charge in [-0.15, -0.1) is 0 Å². The largest absolute Gasteiger partial charge is 0.392 e. The van der Waals surface area contributed by atoms with Gasteiger partial charge in [-0.1, -0.05) is 31.2 Å². The van der Waals surface area contributed by atoms with Crippen molar-refractivity contribution in [2.75, 3.05) is 0 Å². The molecule has 3 aromatic rings. The zero-order chi connectivity index (χ0) is 15.1. The molecular formula is C18H19N3O. The number of aromatic nitrogens is 3. The lowest BCUT2D eigenvalue weighted by Gasteiger charge is -2.20. The van der Waals surface area contributed by atoms with Gasteiger partial charge in [-0.05, 0) is 30.9 Å². The molecule has 0 fully saturated rings. The summed E-state index contributed by atoms with van der Waals surface area (Å²) in [5.41, 5.74) is 4.37. The molecule has 2 aromatic heterocycles. The van der Waals surface area contributed by atoms with E-state index in [2.05, 4.69) is 33.6 Å². The van der Waals surface area contributed by atoms with E-state index in [4.69, 9.17) is 0 Å². The van der Waals surface area contributed by atoms with Crippen LogP contribution in [0.1, 0.15) is 32.2 Å². The minimum atomic E-state index is -0.225. The van der Waals surface area contributed by atoms with E-state index < -0.39 is 0 Å². The number of rotatable bonds is 3. The Bertz CT molecular complexity index is 865. The van der Waals surface area contributed by atoms with Crippen LogP contribution in [0.2, 0.25) is 0 Å². The van der Waals surface area contributed by atoms with Crippen LogP contribution in [-0.2, 0) is 0 Å². The quantitative estimate of drug-likeness (QED) is 0.750. The van der Waals surface area contributed by atoms with E-state index in [1.165, 1.54) is 5.57 Å². The Kier molecular flexibility index (Phi) is 3.19. The smallest absolute Gasteiger partial charge is 0.107 e. The number of aliphatic hydroxyl groups excluding tert-OH is 1. The van der Waals surface area contributed by atoms with Crippen LogP contribution in [0.3, 0.4) is 0 Å². The molecule has 1 aliphatic carbocycles. The lowest BCUT2D eigenvalue weighted by Crippen LogP contribution is -2.11. The van der Waals surface area contributed by atoms with Crippen LogP contribution < -0.4 is 0 Å². The maximum absolute atomic E-state index is 9.84. The highest BCUT2D eigenvalue weighted by atomic mass is 16.3. The van der Waals surface area contributed by atoms with Gasteiger partial charge in [0.1, 0.15) is 5.52 Å². The van der Waals surface area contributed by atoms with E-state index >= 15 is 0 Å². The molecule has 2 atom stereocenters. The number of nitrogens with zero attached hydrogens (tertiary/aromatic N) is 3. The van der Waals surface area contributed by atoms with Gasteiger partial charge in [0.05, 0.1) is 35.7 Å². The number of pyridine rings is 1. The van der Waals surface area contributed by atoms with Crippen LogP contribution in [0.15, 0.2) is 48.4 Å². The Hall–Kier alpha value is -2.20. The topological polar surface area (TPSA) is 50.9 Å². The summed E-state index contributed by atoms with van der Waals surface area (Å²) in [6.45, 7) is 2.19. The highest BCUT2D eigenvalue weighted by molar-refractivity contribution is 6.02. The van der Waals surface area contributed by atoms with Gasteiger partial charge in [-0.2, -0.15) is 0 Å². The Labute approximate surface area is 129 Å². The number of imidazole rings is 1. The van der Waals surface area contributed by atoms with Gasteiger partial charge in [0.15, 0.2) is 0 Å². The number of aliphatic hydroxyl groups is 1. The fraction of sp³-hybridized carbons (Fsp3) is 0.333. The Morgan fingerprint density at radius 2 is 2.14 bits per heavy atom. The van der Waals surface area contributed by atoms with Crippen molar-refractivity contribution in [3.8, 4) is 0 Å². The van der Waals surface area contributed by atoms with Gasteiger partial charge in [-0.3, -0.25) is 4.98 Å². The van der Waals surface area contributed by atoms with Crippen LogP contribution >= 0.6 is 0 Å². The third-order valence-electron chi connectivity index (χ3n) is 4.58. The van der Waals surface area contributed by atoms with E-state index in [0.717, 1.165) is 41.2 Å². The summed E-state index contributed by atoms with van der Waals surface area (Å²) in [6, 6.07) is 8.45. The van der Waals surface area contributed by atoms with Gasteiger partial charge in [-0.25, -0.2) is 4.98 Å². The summed E-state index contributed by atoms with van der Waals surface area (Å²) in [4.78, 5) is 9.03. The van der Waals surface area contributed by atoms with Crippen molar-refractivity contribution in [2.24, 2.45) is 0 Å². The molecule has 0 saturated heterocycles. The van der Waals surface area contributed by atoms with Crippen molar-refractivity contribution in [1.82, 2.24) is 14.5 Å². The predicted octanol–water partition coefficient (Wildman–Crippen LogP) is 3.62. The molecule has 0 saturated carbocycles. The second-order valence-electron chi connectivity index (χ2n) is 5.96. The molecule has 0 bridgehead atoms. The van der Waals surface area contributed by atoms with Gasteiger partial charge >= 0.3 is 0 Å². The first-order chi connectivity index (χ1) is 10.8. The first kappa shape index (κ1) is 13.5. The van der Waals surface area contributed by atoms with E-state index in [9.17, 15) is 5.11 Å². The molecule has 4 heteroatoms. The van der Waals surface area contributed by atoms with Crippen LogP contribution in [0, 0.1) is 0 Å². The molecule has 4 nitrogen and oxygen atoms in total.